The second-order valence-electron chi connectivity index (χ2n) is 4.39. The van der Waals surface area contributed by atoms with Gasteiger partial charge in [0.2, 0.25) is 0 Å². The number of hydrogen-bond acceptors (Lipinski definition) is 5. The van der Waals surface area contributed by atoms with Gasteiger partial charge >= 0.3 is 0 Å². The number of nitrogens with one attached hydrogen (secondary N) is 1. The van der Waals surface area contributed by atoms with Gasteiger partial charge in [0.25, 0.3) is 0 Å². The monoisotopic (exact) mass is 246 g/mol. The molecule has 4 N–H and O–H groups in total. The molecule has 94 valence electrons. The summed E-state index contributed by atoms with van der Waals surface area (Å²) in [6.07, 6.45) is 6.81. The van der Waals surface area contributed by atoms with Crippen molar-refractivity contribution in [2.24, 2.45) is 10.9 Å². The number of hydrogen-bond donors (Lipinski definition) is 3. The number of fused-ring (bicyclic) bond motifs is 1. The summed E-state index contributed by atoms with van der Waals surface area (Å²) < 4.78 is 1.81. The maximum atomic E-state index is 8.81. The Bertz CT molecular complexity index is 601. The van der Waals surface area contributed by atoms with Gasteiger partial charge in [-0.05, 0) is 25.3 Å². The molecule has 7 nitrogen and oxygen atoms in total. The normalized spacial score (nSPS) is 16.8. The van der Waals surface area contributed by atoms with Crippen LogP contribution in [0.3, 0.4) is 0 Å². The molecule has 7 heteroatoms. The Hall–Kier alpha value is -2.31. The summed E-state index contributed by atoms with van der Waals surface area (Å²) in [7, 11) is 0. The lowest BCUT2D eigenvalue weighted by Gasteiger charge is -2.28. The molecule has 3 rings (SSSR count). The molecule has 0 unspecified atom stereocenters. The van der Waals surface area contributed by atoms with Gasteiger partial charge in [-0.15, -0.1) is 0 Å². The molecule has 1 aliphatic carbocycles. The van der Waals surface area contributed by atoms with Gasteiger partial charge in [0.15, 0.2) is 11.5 Å². The third-order valence-corrected chi connectivity index (χ3v) is 3.25. The molecule has 18 heavy (non-hydrogen) atoms. The zero-order valence-electron chi connectivity index (χ0n) is 9.74. The van der Waals surface area contributed by atoms with E-state index in [9.17, 15) is 0 Å². The largest absolute Gasteiger partial charge is 0.409 e. The van der Waals surface area contributed by atoms with E-state index in [1.807, 2.05) is 0 Å². The van der Waals surface area contributed by atoms with Gasteiger partial charge in [0, 0.05) is 12.2 Å². The van der Waals surface area contributed by atoms with E-state index >= 15 is 0 Å². The molecular weight excluding hydrogens is 232 g/mol. The van der Waals surface area contributed by atoms with Crippen LogP contribution < -0.4 is 11.2 Å². The number of nitrogens with zero attached hydrogens (tertiary/aromatic N) is 4. The van der Waals surface area contributed by atoms with Crippen molar-refractivity contribution >= 4 is 17.0 Å². The summed E-state index contributed by atoms with van der Waals surface area (Å²) in [4.78, 5) is 8.37. The van der Waals surface area contributed by atoms with Gasteiger partial charge in [-0.1, -0.05) is 5.16 Å². The van der Waals surface area contributed by atoms with Crippen LogP contribution >= 0.6 is 0 Å². The third-order valence-electron chi connectivity index (χ3n) is 3.25. The van der Waals surface area contributed by atoms with E-state index in [4.69, 9.17) is 10.9 Å². The lowest BCUT2D eigenvalue weighted by Crippen LogP contribution is -2.33. The number of aromatic nitrogens is 3. The first kappa shape index (κ1) is 10.8. The predicted octanol–water partition coefficient (Wildman–Crippen LogP) is 0.622. The summed E-state index contributed by atoms with van der Waals surface area (Å²) in [5.41, 5.74) is 10.9. The Morgan fingerprint density at radius 3 is 3.00 bits per heavy atom. The molecule has 2 aromatic heterocycles. The summed E-state index contributed by atoms with van der Waals surface area (Å²) in [6.45, 7) is 0. The average Bonchev–Trinajstić information content (AvgIpc) is 2.76. The van der Waals surface area contributed by atoms with Crippen LogP contribution in [-0.2, 0) is 0 Å². The van der Waals surface area contributed by atoms with Gasteiger partial charge in [-0.2, -0.15) is 0 Å². The van der Waals surface area contributed by atoms with Crippen molar-refractivity contribution in [1.82, 2.24) is 14.6 Å². The van der Waals surface area contributed by atoms with Gasteiger partial charge in [0.05, 0.1) is 5.56 Å². The zero-order chi connectivity index (χ0) is 12.5. The van der Waals surface area contributed by atoms with Crippen LogP contribution in [0.2, 0.25) is 0 Å². The van der Waals surface area contributed by atoms with Crippen LogP contribution in [-0.4, -0.2) is 31.7 Å². The molecule has 0 bridgehead atoms. The molecule has 1 aliphatic rings. The maximum Gasteiger partial charge on any atom is 0.180 e. The van der Waals surface area contributed by atoms with E-state index in [2.05, 4.69) is 20.5 Å². The van der Waals surface area contributed by atoms with E-state index in [-0.39, 0.29) is 5.84 Å². The van der Waals surface area contributed by atoms with Crippen molar-refractivity contribution < 1.29 is 5.21 Å². The third kappa shape index (κ3) is 1.64. The van der Waals surface area contributed by atoms with E-state index in [1.165, 1.54) is 6.42 Å². The van der Waals surface area contributed by atoms with Crippen LogP contribution in [0.5, 0.6) is 0 Å². The first-order valence-electron chi connectivity index (χ1n) is 5.86. The average molecular weight is 246 g/mol. The summed E-state index contributed by atoms with van der Waals surface area (Å²) in [6, 6.07) is 2.17. The Morgan fingerprint density at radius 2 is 2.33 bits per heavy atom. The number of nitrogens with two attached hydrogens (primary N) is 1. The highest BCUT2D eigenvalue weighted by Gasteiger charge is 2.19. The number of amidine groups is 1. The minimum Gasteiger partial charge on any atom is -0.409 e. The highest BCUT2D eigenvalue weighted by Crippen LogP contribution is 2.21. The molecule has 2 heterocycles. The fraction of sp³-hybridized carbons (Fsp3) is 0.364. The number of pyridine rings is 1. The van der Waals surface area contributed by atoms with Crippen molar-refractivity contribution in [2.45, 2.75) is 25.3 Å². The molecule has 0 aliphatic heterocycles. The van der Waals surface area contributed by atoms with Crippen LogP contribution in [0.4, 0.5) is 0 Å². The second-order valence-corrected chi connectivity index (χ2v) is 4.39. The Morgan fingerprint density at radius 1 is 1.50 bits per heavy atom. The SMILES string of the molecule is NC(=NO)c1ccnc2ncn(NC3CCC3)c12. The van der Waals surface area contributed by atoms with Gasteiger partial charge < -0.3 is 16.4 Å². The molecule has 0 spiro atoms. The van der Waals surface area contributed by atoms with E-state index in [1.54, 1.807) is 23.3 Å². The minimum atomic E-state index is 0.0551. The zero-order valence-corrected chi connectivity index (χ0v) is 9.74. The molecule has 0 aromatic carbocycles. The number of oxime groups is 1. The van der Waals surface area contributed by atoms with Crippen LogP contribution in [0.15, 0.2) is 23.7 Å². The number of rotatable bonds is 3. The topological polar surface area (TPSA) is 101 Å². The fourth-order valence-electron chi connectivity index (χ4n) is 2.04. The molecule has 0 amide bonds. The van der Waals surface area contributed by atoms with E-state index in [0.717, 1.165) is 18.4 Å². The van der Waals surface area contributed by atoms with Crippen molar-refractivity contribution in [1.29, 1.82) is 0 Å². The summed E-state index contributed by atoms with van der Waals surface area (Å²) >= 11 is 0. The van der Waals surface area contributed by atoms with Crippen LogP contribution in [0.1, 0.15) is 24.8 Å². The van der Waals surface area contributed by atoms with Crippen molar-refractivity contribution in [3.8, 4) is 0 Å². The van der Waals surface area contributed by atoms with Crippen LogP contribution in [0.25, 0.3) is 11.2 Å². The second kappa shape index (κ2) is 4.17. The fourth-order valence-corrected chi connectivity index (χ4v) is 2.04. The van der Waals surface area contributed by atoms with E-state index in [0.29, 0.717) is 17.3 Å². The molecule has 1 saturated carbocycles. The Kier molecular flexibility index (Phi) is 2.51. The lowest BCUT2D eigenvalue weighted by atomic mass is 9.94. The Labute approximate surface area is 103 Å². The molecule has 0 saturated heterocycles. The van der Waals surface area contributed by atoms with Crippen molar-refractivity contribution in [2.75, 3.05) is 5.43 Å². The molecule has 0 atom stereocenters. The van der Waals surface area contributed by atoms with E-state index < -0.39 is 0 Å². The molecule has 2 aromatic rings. The smallest absolute Gasteiger partial charge is 0.180 e. The summed E-state index contributed by atoms with van der Waals surface area (Å²) in [5, 5.41) is 11.8. The van der Waals surface area contributed by atoms with Gasteiger partial charge in [-0.3, -0.25) is 0 Å². The molecule has 0 radical (unpaired) electrons. The quantitative estimate of drug-likeness (QED) is 0.319. The van der Waals surface area contributed by atoms with Gasteiger partial charge in [0.1, 0.15) is 11.8 Å². The minimum absolute atomic E-state index is 0.0551. The first-order chi connectivity index (χ1) is 8.79. The molecular formula is C11H14N6O. The van der Waals surface area contributed by atoms with Crippen LogP contribution in [0, 0.1) is 0 Å². The van der Waals surface area contributed by atoms with Crippen molar-refractivity contribution in [3.63, 3.8) is 0 Å². The Balaban J connectivity index is 2.08. The lowest BCUT2D eigenvalue weighted by molar-refractivity contribution is 0.318. The highest BCUT2D eigenvalue weighted by atomic mass is 16.4. The maximum absolute atomic E-state index is 8.81. The predicted molar refractivity (Wildman–Crippen MR) is 67.0 cm³/mol. The standard InChI is InChI=1S/C11H14N6O/c12-10(16-18)8-4-5-13-11-9(8)17(6-14-11)15-7-2-1-3-7/h4-7,15,18H,1-3H2,(H2,12,16). The molecule has 1 fully saturated rings. The first-order valence-corrected chi connectivity index (χ1v) is 5.86. The van der Waals surface area contributed by atoms with Gasteiger partial charge in [-0.25, -0.2) is 14.6 Å². The van der Waals surface area contributed by atoms with Crippen molar-refractivity contribution in [3.05, 3.63) is 24.2 Å². The summed E-state index contributed by atoms with van der Waals surface area (Å²) in [5.74, 6) is 0.0551. The number of imidazole rings is 1. The highest BCUT2D eigenvalue weighted by molar-refractivity contribution is 6.06.